The number of methoxy groups -OCH3 is 1. The van der Waals surface area contributed by atoms with Gasteiger partial charge in [-0.3, -0.25) is 4.79 Å². The van der Waals surface area contributed by atoms with Gasteiger partial charge >= 0.3 is 11.9 Å². The van der Waals surface area contributed by atoms with Gasteiger partial charge in [-0.25, -0.2) is 9.59 Å². The molecule has 0 aromatic carbocycles. The van der Waals surface area contributed by atoms with Crippen LogP contribution in [0.2, 0.25) is 0 Å². The molecule has 1 atom stereocenters. The first-order valence-corrected chi connectivity index (χ1v) is 6.13. The molecule has 0 spiro atoms. The molecular weight excluding hydrogens is 256 g/mol. The van der Waals surface area contributed by atoms with Crippen molar-refractivity contribution >= 4 is 28.4 Å². The van der Waals surface area contributed by atoms with Crippen molar-refractivity contribution < 1.29 is 28.3 Å². The van der Waals surface area contributed by atoms with E-state index in [-0.39, 0.29) is 10.5 Å². The van der Waals surface area contributed by atoms with E-state index in [1.165, 1.54) is 7.11 Å². The van der Waals surface area contributed by atoms with E-state index < -0.39 is 29.4 Å². The Balaban J connectivity index is 4.58. The fourth-order valence-electron chi connectivity index (χ4n) is 1.05. The van der Waals surface area contributed by atoms with Crippen LogP contribution in [0.15, 0.2) is 12.2 Å². The number of carbonyl (C=O) groups is 3. The van der Waals surface area contributed by atoms with Crippen molar-refractivity contribution in [2.24, 2.45) is 5.92 Å². The van der Waals surface area contributed by atoms with Gasteiger partial charge in [0.2, 0.25) is 10.5 Å². The van der Waals surface area contributed by atoms with E-state index in [0.29, 0.717) is 0 Å². The maximum Gasteiger partial charge on any atom is 0.331 e. The van der Waals surface area contributed by atoms with Gasteiger partial charge in [-0.15, -0.1) is 0 Å². The van der Waals surface area contributed by atoms with Crippen molar-refractivity contribution in [3.8, 4) is 0 Å². The molecular formula is C11H18O6Si. The van der Waals surface area contributed by atoms with E-state index in [4.69, 9.17) is 9.16 Å². The minimum absolute atomic E-state index is 0.287. The van der Waals surface area contributed by atoms with Gasteiger partial charge in [0.1, 0.15) is 5.60 Å². The Kier molecular flexibility index (Phi) is 6.32. The molecule has 0 bridgehead atoms. The van der Waals surface area contributed by atoms with Crippen LogP contribution in [0.1, 0.15) is 20.8 Å². The molecule has 0 amide bonds. The monoisotopic (exact) mass is 274 g/mol. The molecule has 0 rings (SSSR count). The predicted octanol–water partition coefficient (Wildman–Crippen LogP) is -0.503. The van der Waals surface area contributed by atoms with Crippen molar-refractivity contribution in [2.75, 3.05) is 7.11 Å². The van der Waals surface area contributed by atoms with Crippen LogP contribution in [0.5, 0.6) is 0 Å². The lowest BCUT2D eigenvalue weighted by molar-refractivity contribution is -0.162. The van der Waals surface area contributed by atoms with Gasteiger partial charge in [0, 0.05) is 12.2 Å². The second-order valence-electron chi connectivity index (χ2n) is 4.13. The number of esters is 2. The minimum Gasteiger partial charge on any atom is -0.528 e. The van der Waals surface area contributed by atoms with Crippen LogP contribution in [0.25, 0.3) is 0 Å². The summed E-state index contributed by atoms with van der Waals surface area (Å²) < 4.78 is 14.1. The lowest BCUT2D eigenvalue weighted by Gasteiger charge is -2.29. The molecule has 0 aliphatic heterocycles. The molecule has 7 heteroatoms. The summed E-state index contributed by atoms with van der Waals surface area (Å²) in [5, 5.41) is 0. The summed E-state index contributed by atoms with van der Waals surface area (Å²) in [4.78, 5) is 33.6. The normalized spacial score (nSPS) is 13.1. The molecule has 0 N–H and O–H groups in total. The van der Waals surface area contributed by atoms with Crippen LogP contribution in [0.4, 0.5) is 0 Å². The van der Waals surface area contributed by atoms with E-state index in [1.54, 1.807) is 20.8 Å². The molecule has 1 unspecified atom stereocenters. The fraction of sp³-hybridized carbons (Fsp3) is 0.545. The second kappa shape index (κ2) is 6.95. The number of hydrogen-bond acceptors (Lipinski definition) is 6. The Morgan fingerprint density at radius 2 is 1.67 bits per heavy atom. The summed E-state index contributed by atoms with van der Waals surface area (Å²) in [6, 6.07) is 0. The Bertz CT molecular complexity index is 361. The van der Waals surface area contributed by atoms with Gasteiger partial charge in [0.15, 0.2) is 0 Å². The van der Waals surface area contributed by atoms with E-state index >= 15 is 0 Å². The first-order valence-electron chi connectivity index (χ1n) is 5.31. The average molecular weight is 274 g/mol. The van der Waals surface area contributed by atoms with Crippen LogP contribution < -0.4 is 0 Å². The lowest BCUT2D eigenvalue weighted by Crippen LogP contribution is -2.39. The number of hydrogen-bond donors (Lipinski definition) is 0. The van der Waals surface area contributed by atoms with Crippen molar-refractivity contribution in [2.45, 2.75) is 26.4 Å². The highest BCUT2D eigenvalue weighted by Gasteiger charge is 2.35. The Hall–Kier alpha value is -1.63. The zero-order chi connectivity index (χ0) is 14.3. The standard InChI is InChI=1S/C11H18O6Si/c1-7(10(14)17-18)11(2,3)16-9(13)6-5-8(12)15-4/h5-7H,1-4,18H3/b6-5-. The quantitative estimate of drug-likeness (QED) is 0.382. The van der Waals surface area contributed by atoms with Crippen LogP contribution in [0, 0.1) is 5.92 Å². The summed E-state index contributed by atoms with van der Waals surface area (Å²) in [6.45, 7) is 4.80. The molecule has 0 fully saturated rings. The molecule has 6 nitrogen and oxygen atoms in total. The molecule has 0 radical (unpaired) electrons. The van der Waals surface area contributed by atoms with E-state index in [2.05, 4.69) is 4.74 Å². The van der Waals surface area contributed by atoms with E-state index in [1.807, 2.05) is 0 Å². The Morgan fingerprint density at radius 3 is 2.11 bits per heavy atom. The van der Waals surface area contributed by atoms with Gasteiger partial charge in [-0.2, -0.15) is 0 Å². The molecule has 0 aliphatic rings. The molecule has 18 heavy (non-hydrogen) atoms. The maximum absolute atomic E-state index is 11.4. The zero-order valence-electron chi connectivity index (χ0n) is 11.2. The summed E-state index contributed by atoms with van der Waals surface area (Å²) in [5.41, 5.74) is -1.01. The van der Waals surface area contributed by atoms with E-state index in [9.17, 15) is 14.4 Å². The topological polar surface area (TPSA) is 78.9 Å². The molecule has 0 aromatic heterocycles. The molecule has 0 aliphatic carbocycles. The predicted molar refractivity (Wildman–Crippen MR) is 66.5 cm³/mol. The smallest absolute Gasteiger partial charge is 0.331 e. The summed E-state index contributed by atoms with van der Waals surface area (Å²) in [5.74, 6) is -2.39. The number of rotatable bonds is 5. The van der Waals surface area contributed by atoms with Gasteiger partial charge in [-0.1, -0.05) is 0 Å². The summed E-state index contributed by atoms with van der Waals surface area (Å²) in [7, 11) is 1.49. The van der Waals surface area contributed by atoms with Gasteiger partial charge in [0.25, 0.3) is 5.97 Å². The molecule has 0 saturated heterocycles. The summed E-state index contributed by atoms with van der Waals surface area (Å²) in [6.07, 6.45) is 1.90. The van der Waals surface area contributed by atoms with Crippen LogP contribution in [0.3, 0.4) is 0 Å². The highest BCUT2D eigenvalue weighted by Crippen LogP contribution is 2.22. The van der Waals surface area contributed by atoms with Crippen molar-refractivity contribution in [3.63, 3.8) is 0 Å². The van der Waals surface area contributed by atoms with Crippen molar-refractivity contribution in [1.82, 2.24) is 0 Å². The molecule has 0 aromatic rings. The van der Waals surface area contributed by atoms with Crippen molar-refractivity contribution in [1.29, 1.82) is 0 Å². The van der Waals surface area contributed by atoms with Crippen LogP contribution in [-0.2, 0) is 28.3 Å². The third kappa shape index (κ3) is 5.13. The summed E-state index contributed by atoms with van der Waals surface area (Å²) >= 11 is 0. The Labute approximate surface area is 109 Å². The first kappa shape index (κ1) is 16.4. The highest BCUT2D eigenvalue weighted by atomic mass is 28.2. The van der Waals surface area contributed by atoms with Crippen molar-refractivity contribution in [3.05, 3.63) is 12.2 Å². The maximum atomic E-state index is 11.4. The largest absolute Gasteiger partial charge is 0.528 e. The zero-order valence-corrected chi connectivity index (χ0v) is 13.2. The molecule has 102 valence electrons. The Morgan fingerprint density at radius 1 is 1.17 bits per heavy atom. The lowest BCUT2D eigenvalue weighted by atomic mass is 9.93. The van der Waals surface area contributed by atoms with Crippen LogP contribution in [-0.4, -0.2) is 41.1 Å². The molecule has 0 saturated carbocycles. The van der Waals surface area contributed by atoms with Gasteiger partial charge in [0.05, 0.1) is 13.0 Å². The minimum atomic E-state index is -1.01. The number of ether oxygens (including phenoxy) is 2. The average Bonchev–Trinajstić information content (AvgIpc) is 2.33. The fourth-order valence-corrected chi connectivity index (χ4v) is 1.40. The highest BCUT2D eigenvalue weighted by molar-refractivity contribution is 6.05. The van der Waals surface area contributed by atoms with Crippen LogP contribution >= 0.6 is 0 Å². The first-order chi connectivity index (χ1) is 8.24. The number of carbonyl (C=O) groups excluding carboxylic acids is 3. The van der Waals surface area contributed by atoms with Gasteiger partial charge < -0.3 is 13.9 Å². The molecule has 0 heterocycles. The second-order valence-corrected chi connectivity index (χ2v) is 4.53. The van der Waals surface area contributed by atoms with E-state index in [0.717, 1.165) is 12.2 Å². The third-order valence-electron chi connectivity index (χ3n) is 2.52. The van der Waals surface area contributed by atoms with Gasteiger partial charge in [-0.05, 0) is 20.8 Å². The third-order valence-corrected chi connectivity index (χ3v) is 2.92. The SMILES string of the molecule is COC(=O)/C=C\C(=O)OC(C)(C)C(C)C(=O)O[SiH3].